The largest absolute Gasteiger partial charge is 0.504 e. The summed E-state index contributed by atoms with van der Waals surface area (Å²) in [5.41, 5.74) is 7.17. The van der Waals surface area contributed by atoms with Gasteiger partial charge in [-0.3, -0.25) is 5.10 Å². The topological polar surface area (TPSA) is 74.9 Å². The summed E-state index contributed by atoms with van der Waals surface area (Å²) in [4.78, 5) is 0. The lowest BCUT2D eigenvalue weighted by Crippen LogP contribution is -1.93. The molecule has 6 heteroatoms. The van der Waals surface area contributed by atoms with E-state index >= 15 is 0 Å². The molecule has 0 aliphatic rings. The highest BCUT2D eigenvalue weighted by atomic mass is 79.9. The number of nitrogens with zero attached hydrogens (tertiary/aromatic N) is 1. The van der Waals surface area contributed by atoms with Crippen LogP contribution >= 0.6 is 15.9 Å². The second-order valence-electron chi connectivity index (χ2n) is 3.39. The van der Waals surface area contributed by atoms with E-state index in [0.717, 1.165) is 0 Å². The third kappa shape index (κ3) is 1.55. The van der Waals surface area contributed by atoms with Crippen molar-refractivity contribution >= 4 is 21.7 Å². The maximum atomic E-state index is 13.4. The zero-order valence-electron chi connectivity index (χ0n) is 8.38. The zero-order chi connectivity index (χ0) is 11.9. The van der Waals surface area contributed by atoms with Crippen LogP contribution in [0.2, 0.25) is 0 Å². The first-order chi connectivity index (χ1) is 7.52. The fraction of sp³-hybridized carbons (Fsp3) is 0.100. The van der Waals surface area contributed by atoms with Gasteiger partial charge in [0, 0.05) is 15.6 Å². The Morgan fingerprint density at radius 3 is 2.81 bits per heavy atom. The number of H-pyrrole nitrogens is 1. The van der Waals surface area contributed by atoms with Gasteiger partial charge in [0.25, 0.3) is 0 Å². The molecule has 0 fully saturated rings. The van der Waals surface area contributed by atoms with Gasteiger partial charge in [-0.2, -0.15) is 5.10 Å². The molecule has 4 nitrogen and oxygen atoms in total. The molecule has 0 saturated carbocycles. The number of nitrogens with two attached hydrogens (primary N) is 1. The van der Waals surface area contributed by atoms with Crippen LogP contribution in [0.15, 0.2) is 16.7 Å². The van der Waals surface area contributed by atoms with Crippen molar-refractivity contribution in [2.24, 2.45) is 0 Å². The van der Waals surface area contributed by atoms with E-state index in [9.17, 15) is 9.50 Å². The maximum absolute atomic E-state index is 13.4. The van der Waals surface area contributed by atoms with Crippen molar-refractivity contribution in [2.45, 2.75) is 6.92 Å². The van der Waals surface area contributed by atoms with Crippen LogP contribution < -0.4 is 5.73 Å². The zero-order valence-corrected chi connectivity index (χ0v) is 9.97. The second-order valence-corrected chi connectivity index (χ2v) is 4.24. The number of halogens is 2. The molecular weight excluding hydrogens is 277 g/mol. The molecule has 0 aliphatic heterocycles. The summed E-state index contributed by atoms with van der Waals surface area (Å²) in [5, 5.41) is 16.0. The van der Waals surface area contributed by atoms with E-state index in [0.29, 0.717) is 21.2 Å². The number of rotatable bonds is 1. The molecule has 0 bridgehead atoms. The number of aromatic amines is 1. The van der Waals surface area contributed by atoms with E-state index in [2.05, 4.69) is 26.1 Å². The number of nitrogen functional groups attached to an aromatic ring is 1. The van der Waals surface area contributed by atoms with Gasteiger partial charge >= 0.3 is 0 Å². The van der Waals surface area contributed by atoms with E-state index in [1.165, 1.54) is 12.3 Å². The minimum Gasteiger partial charge on any atom is -0.504 e. The minimum atomic E-state index is -0.701. The summed E-state index contributed by atoms with van der Waals surface area (Å²) in [6.45, 7) is 1.75. The molecule has 1 aromatic carbocycles. The first-order valence-electron chi connectivity index (χ1n) is 4.49. The van der Waals surface area contributed by atoms with E-state index in [4.69, 9.17) is 5.73 Å². The summed E-state index contributed by atoms with van der Waals surface area (Å²) in [6, 6.07) is 1.21. The van der Waals surface area contributed by atoms with Gasteiger partial charge in [-0.1, -0.05) is 15.9 Å². The highest BCUT2D eigenvalue weighted by molar-refractivity contribution is 9.10. The lowest BCUT2D eigenvalue weighted by atomic mass is 10.0. The molecular formula is C10H9BrFN3O. The second kappa shape index (κ2) is 3.79. The Morgan fingerprint density at radius 1 is 1.56 bits per heavy atom. The number of anilines is 1. The molecule has 0 saturated heterocycles. The van der Waals surface area contributed by atoms with Crippen molar-refractivity contribution in [3.8, 4) is 16.9 Å². The molecule has 84 valence electrons. The van der Waals surface area contributed by atoms with Crippen molar-refractivity contribution in [1.82, 2.24) is 10.2 Å². The number of nitrogens with one attached hydrogen (secondary N) is 1. The van der Waals surface area contributed by atoms with Crippen LogP contribution in [0.4, 0.5) is 10.2 Å². The fourth-order valence-electron chi connectivity index (χ4n) is 1.53. The smallest absolute Gasteiger partial charge is 0.166 e. The summed E-state index contributed by atoms with van der Waals surface area (Å²) < 4.78 is 14.0. The van der Waals surface area contributed by atoms with Gasteiger partial charge in [0.15, 0.2) is 11.6 Å². The highest BCUT2D eigenvalue weighted by Crippen LogP contribution is 2.39. The van der Waals surface area contributed by atoms with E-state index < -0.39 is 11.6 Å². The summed E-state index contributed by atoms with van der Waals surface area (Å²) in [5.74, 6) is -0.835. The third-order valence-corrected chi connectivity index (χ3v) is 3.21. The number of hydrogen-bond donors (Lipinski definition) is 3. The fourth-order valence-corrected chi connectivity index (χ4v) is 1.93. The SMILES string of the molecule is Cc1c(Br)cc(F)c(O)c1-c1cn[nH]c1N. The molecule has 4 N–H and O–H groups in total. The maximum Gasteiger partial charge on any atom is 0.166 e. The van der Waals surface area contributed by atoms with Crippen molar-refractivity contribution < 1.29 is 9.50 Å². The van der Waals surface area contributed by atoms with Crippen LogP contribution in [0.3, 0.4) is 0 Å². The normalized spacial score (nSPS) is 10.7. The molecule has 0 amide bonds. The van der Waals surface area contributed by atoms with Crippen molar-refractivity contribution in [3.05, 3.63) is 28.1 Å². The van der Waals surface area contributed by atoms with Gasteiger partial charge in [-0.25, -0.2) is 4.39 Å². The highest BCUT2D eigenvalue weighted by Gasteiger charge is 2.18. The van der Waals surface area contributed by atoms with Crippen LogP contribution in [-0.2, 0) is 0 Å². The Balaban J connectivity index is 2.79. The molecule has 16 heavy (non-hydrogen) atoms. The molecule has 0 radical (unpaired) electrons. The van der Waals surface area contributed by atoms with Gasteiger partial charge in [0.2, 0.25) is 0 Å². The first kappa shape index (κ1) is 10.9. The molecule has 0 unspecified atom stereocenters. The van der Waals surface area contributed by atoms with Crippen molar-refractivity contribution in [1.29, 1.82) is 0 Å². The van der Waals surface area contributed by atoms with Crippen LogP contribution in [-0.4, -0.2) is 15.3 Å². The van der Waals surface area contributed by atoms with Gasteiger partial charge in [0.1, 0.15) is 5.82 Å². The summed E-state index contributed by atoms with van der Waals surface area (Å²) in [7, 11) is 0. The lowest BCUT2D eigenvalue weighted by molar-refractivity contribution is 0.433. The van der Waals surface area contributed by atoms with Crippen LogP contribution in [0.1, 0.15) is 5.56 Å². The Kier molecular flexibility index (Phi) is 2.59. The third-order valence-electron chi connectivity index (χ3n) is 2.39. The molecule has 0 atom stereocenters. The van der Waals surface area contributed by atoms with Crippen LogP contribution in [0.25, 0.3) is 11.1 Å². The molecule has 2 aromatic rings. The quantitative estimate of drug-likeness (QED) is 0.754. The number of benzene rings is 1. The minimum absolute atomic E-state index is 0.288. The number of hydrogen-bond acceptors (Lipinski definition) is 3. The van der Waals surface area contributed by atoms with Gasteiger partial charge < -0.3 is 10.8 Å². The Morgan fingerprint density at radius 2 is 2.25 bits per heavy atom. The van der Waals surface area contributed by atoms with Crippen molar-refractivity contribution in [2.75, 3.05) is 5.73 Å². The molecule has 2 rings (SSSR count). The Bertz CT molecular complexity index is 527. The average Bonchev–Trinajstić information content (AvgIpc) is 2.63. The van der Waals surface area contributed by atoms with Gasteiger partial charge in [0.05, 0.1) is 6.20 Å². The molecule has 0 spiro atoms. The van der Waals surface area contributed by atoms with Crippen LogP contribution in [0, 0.1) is 12.7 Å². The predicted octanol–water partition coefficient (Wildman–Crippen LogP) is 2.57. The summed E-state index contributed by atoms with van der Waals surface area (Å²) >= 11 is 3.22. The van der Waals surface area contributed by atoms with Gasteiger partial charge in [-0.15, -0.1) is 0 Å². The standard InChI is InChI=1S/C10H9BrFN3O/c1-4-6(11)2-7(12)9(16)8(4)5-3-14-15-10(5)13/h2-3,16H,1H3,(H3,13,14,15). The molecule has 1 heterocycles. The van der Waals surface area contributed by atoms with E-state index in [1.807, 2.05) is 0 Å². The van der Waals surface area contributed by atoms with Gasteiger partial charge in [-0.05, 0) is 18.6 Å². The molecule has 0 aliphatic carbocycles. The number of phenolic OH excluding ortho intramolecular Hbond substituents is 1. The summed E-state index contributed by atoms with van der Waals surface area (Å²) in [6.07, 6.45) is 1.45. The predicted molar refractivity (Wildman–Crippen MR) is 62.5 cm³/mol. The first-order valence-corrected chi connectivity index (χ1v) is 5.28. The molecule has 1 aromatic heterocycles. The number of aromatic nitrogens is 2. The van der Waals surface area contributed by atoms with Crippen LogP contribution in [0.5, 0.6) is 5.75 Å². The lowest BCUT2D eigenvalue weighted by Gasteiger charge is -2.10. The Labute approximate surface area is 99.4 Å². The van der Waals surface area contributed by atoms with Crippen molar-refractivity contribution in [3.63, 3.8) is 0 Å². The van der Waals surface area contributed by atoms with E-state index in [1.54, 1.807) is 6.92 Å². The average molecular weight is 286 g/mol. The Hall–Kier alpha value is -1.56. The van der Waals surface area contributed by atoms with E-state index in [-0.39, 0.29) is 5.82 Å². The number of phenols is 1. The monoisotopic (exact) mass is 285 g/mol. The number of aromatic hydroxyl groups is 1.